The van der Waals surface area contributed by atoms with Crippen molar-refractivity contribution in [3.8, 4) is 11.4 Å². The van der Waals surface area contributed by atoms with E-state index in [0.717, 1.165) is 5.56 Å². The molecule has 0 bridgehead atoms. The Bertz CT molecular complexity index is 514. The minimum absolute atomic E-state index is 0. The van der Waals surface area contributed by atoms with Gasteiger partial charge in [0.2, 0.25) is 11.7 Å². The Labute approximate surface area is 117 Å². The summed E-state index contributed by atoms with van der Waals surface area (Å²) < 4.78 is 5.15. The van der Waals surface area contributed by atoms with Crippen LogP contribution in [0.3, 0.4) is 0 Å². The topological polar surface area (TPSA) is 64.9 Å². The quantitative estimate of drug-likeness (QED) is 0.939. The van der Waals surface area contributed by atoms with Crippen molar-refractivity contribution in [1.82, 2.24) is 10.1 Å². The molecular weight excluding hydrogens is 273 g/mol. The van der Waals surface area contributed by atoms with Crippen LogP contribution in [0.2, 0.25) is 5.02 Å². The fraction of sp³-hybridized carbons (Fsp3) is 0.333. The number of benzene rings is 1. The average molecular weight is 288 g/mol. The first-order chi connectivity index (χ1) is 8.09. The number of nitrogens with two attached hydrogens (primary N) is 1. The lowest BCUT2D eigenvalue weighted by molar-refractivity contribution is 0.325. The Morgan fingerprint density at radius 3 is 2.56 bits per heavy atom. The summed E-state index contributed by atoms with van der Waals surface area (Å²) >= 11 is 6.06. The van der Waals surface area contributed by atoms with E-state index in [4.69, 9.17) is 21.9 Å². The van der Waals surface area contributed by atoms with E-state index in [9.17, 15) is 0 Å². The first-order valence-corrected chi connectivity index (χ1v) is 5.81. The van der Waals surface area contributed by atoms with Gasteiger partial charge in [-0.15, -0.1) is 12.4 Å². The average Bonchev–Trinajstić information content (AvgIpc) is 2.77. The maximum Gasteiger partial charge on any atom is 0.244 e. The summed E-state index contributed by atoms with van der Waals surface area (Å²) in [4.78, 5) is 4.28. The molecule has 0 fully saturated rings. The molecule has 1 aromatic heterocycles. The molecule has 0 aliphatic rings. The van der Waals surface area contributed by atoms with Gasteiger partial charge in [0, 0.05) is 5.56 Å². The van der Waals surface area contributed by atoms with Gasteiger partial charge in [-0.1, -0.05) is 42.7 Å². The van der Waals surface area contributed by atoms with Gasteiger partial charge in [0.25, 0.3) is 0 Å². The Morgan fingerprint density at radius 1 is 1.28 bits per heavy atom. The zero-order valence-corrected chi connectivity index (χ0v) is 11.7. The molecule has 1 atom stereocenters. The third-order valence-corrected chi connectivity index (χ3v) is 2.89. The molecule has 1 aromatic carbocycles. The highest BCUT2D eigenvalue weighted by molar-refractivity contribution is 6.33. The highest BCUT2D eigenvalue weighted by atomic mass is 35.5. The Kier molecular flexibility index (Phi) is 5.14. The number of nitrogens with zero attached hydrogens (tertiary/aromatic N) is 2. The first kappa shape index (κ1) is 15.0. The lowest BCUT2D eigenvalue weighted by Gasteiger charge is -2.09. The van der Waals surface area contributed by atoms with Crippen LogP contribution in [0.1, 0.15) is 25.8 Å². The van der Waals surface area contributed by atoms with E-state index in [1.165, 1.54) is 0 Å². The van der Waals surface area contributed by atoms with E-state index in [2.05, 4.69) is 10.1 Å². The van der Waals surface area contributed by atoms with E-state index in [0.29, 0.717) is 16.7 Å². The molecule has 2 aromatic rings. The van der Waals surface area contributed by atoms with Crippen molar-refractivity contribution < 1.29 is 4.52 Å². The molecule has 0 saturated heterocycles. The van der Waals surface area contributed by atoms with Gasteiger partial charge >= 0.3 is 0 Å². The molecule has 0 spiro atoms. The first-order valence-electron chi connectivity index (χ1n) is 5.43. The van der Waals surface area contributed by atoms with Crippen LogP contribution in [0.15, 0.2) is 28.8 Å². The SMILES string of the molecule is CC(C)C(N)c1nc(-c2ccccc2Cl)no1.Cl. The fourth-order valence-electron chi connectivity index (χ4n) is 1.41. The second-order valence-corrected chi connectivity index (χ2v) is 4.61. The monoisotopic (exact) mass is 287 g/mol. The molecule has 2 N–H and O–H groups in total. The number of hydrogen-bond acceptors (Lipinski definition) is 4. The van der Waals surface area contributed by atoms with E-state index >= 15 is 0 Å². The van der Waals surface area contributed by atoms with Crippen molar-refractivity contribution in [1.29, 1.82) is 0 Å². The number of halogens is 2. The molecule has 1 unspecified atom stereocenters. The van der Waals surface area contributed by atoms with Crippen LogP contribution < -0.4 is 5.73 Å². The molecule has 98 valence electrons. The van der Waals surface area contributed by atoms with E-state index in [1.807, 2.05) is 32.0 Å². The molecule has 4 nitrogen and oxygen atoms in total. The molecular formula is C12H15Cl2N3O. The van der Waals surface area contributed by atoms with Gasteiger partial charge in [-0.3, -0.25) is 0 Å². The van der Waals surface area contributed by atoms with Crippen molar-refractivity contribution in [2.24, 2.45) is 11.7 Å². The molecule has 0 amide bonds. The fourth-order valence-corrected chi connectivity index (χ4v) is 1.63. The van der Waals surface area contributed by atoms with Gasteiger partial charge < -0.3 is 10.3 Å². The maximum absolute atomic E-state index is 6.06. The van der Waals surface area contributed by atoms with E-state index in [1.54, 1.807) is 6.07 Å². The Balaban J connectivity index is 0.00000162. The molecule has 6 heteroatoms. The summed E-state index contributed by atoms with van der Waals surface area (Å²) in [5.41, 5.74) is 6.69. The van der Waals surface area contributed by atoms with Crippen LogP contribution in [0.4, 0.5) is 0 Å². The minimum atomic E-state index is -0.251. The van der Waals surface area contributed by atoms with E-state index < -0.39 is 0 Å². The van der Waals surface area contributed by atoms with Crippen molar-refractivity contribution in [3.05, 3.63) is 35.2 Å². The van der Waals surface area contributed by atoms with Gasteiger partial charge in [0.15, 0.2) is 0 Å². The third kappa shape index (κ3) is 3.02. The number of aromatic nitrogens is 2. The summed E-state index contributed by atoms with van der Waals surface area (Å²) in [5.74, 6) is 1.16. The second kappa shape index (κ2) is 6.18. The van der Waals surface area contributed by atoms with Crippen LogP contribution in [0, 0.1) is 5.92 Å². The Morgan fingerprint density at radius 2 is 1.94 bits per heavy atom. The van der Waals surface area contributed by atoms with Crippen LogP contribution in [-0.2, 0) is 0 Å². The lowest BCUT2D eigenvalue weighted by Crippen LogP contribution is -2.16. The smallest absolute Gasteiger partial charge is 0.244 e. The Hall–Kier alpha value is -1.10. The zero-order valence-electron chi connectivity index (χ0n) is 10.1. The van der Waals surface area contributed by atoms with Crippen LogP contribution in [-0.4, -0.2) is 10.1 Å². The molecule has 2 rings (SSSR count). The van der Waals surface area contributed by atoms with Crippen LogP contribution in [0.25, 0.3) is 11.4 Å². The molecule has 0 radical (unpaired) electrons. The standard InChI is InChI=1S/C12H14ClN3O.ClH/c1-7(2)10(14)12-15-11(16-17-12)8-5-3-4-6-9(8)13;/h3-7,10H,14H2,1-2H3;1H. The van der Waals surface area contributed by atoms with Crippen LogP contribution in [0.5, 0.6) is 0 Å². The summed E-state index contributed by atoms with van der Waals surface area (Å²) in [6.07, 6.45) is 0. The van der Waals surface area contributed by atoms with Crippen molar-refractivity contribution >= 4 is 24.0 Å². The predicted octanol–water partition coefficient (Wildman–Crippen LogP) is 3.47. The number of rotatable bonds is 3. The summed E-state index contributed by atoms with van der Waals surface area (Å²) in [6.45, 7) is 4.01. The van der Waals surface area contributed by atoms with Gasteiger partial charge in [0.05, 0.1) is 11.1 Å². The largest absolute Gasteiger partial charge is 0.337 e. The zero-order chi connectivity index (χ0) is 12.4. The summed E-state index contributed by atoms with van der Waals surface area (Å²) in [5, 5.41) is 4.50. The highest BCUT2D eigenvalue weighted by Crippen LogP contribution is 2.26. The van der Waals surface area contributed by atoms with Gasteiger partial charge in [-0.05, 0) is 18.1 Å². The number of hydrogen-bond donors (Lipinski definition) is 1. The van der Waals surface area contributed by atoms with Gasteiger partial charge in [0.1, 0.15) is 0 Å². The molecule has 18 heavy (non-hydrogen) atoms. The molecule has 0 aliphatic heterocycles. The van der Waals surface area contributed by atoms with Crippen molar-refractivity contribution in [3.63, 3.8) is 0 Å². The van der Waals surface area contributed by atoms with Crippen molar-refractivity contribution in [2.45, 2.75) is 19.9 Å². The van der Waals surface area contributed by atoms with E-state index in [-0.39, 0.29) is 24.4 Å². The highest BCUT2D eigenvalue weighted by Gasteiger charge is 2.19. The normalized spacial score (nSPS) is 12.3. The van der Waals surface area contributed by atoms with Gasteiger partial charge in [-0.2, -0.15) is 4.98 Å². The molecule has 0 saturated carbocycles. The van der Waals surface area contributed by atoms with Gasteiger partial charge in [-0.25, -0.2) is 0 Å². The minimum Gasteiger partial charge on any atom is -0.337 e. The van der Waals surface area contributed by atoms with Crippen molar-refractivity contribution in [2.75, 3.05) is 0 Å². The second-order valence-electron chi connectivity index (χ2n) is 4.21. The molecule has 1 heterocycles. The maximum atomic E-state index is 6.06. The summed E-state index contributed by atoms with van der Waals surface area (Å²) in [6, 6.07) is 7.11. The van der Waals surface area contributed by atoms with Crippen LogP contribution >= 0.6 is 24.0 Å². The predicted molar refractivity (Wildman–Crippen MR) is 73.8 cm³/mol. The molecule has 0 aliphatic carbocycles. The third-order valence-electron chi connectivity index (χ3n) is 2.56. The lowest BCUT2D eigenvalue weighted by atomic mass is 10.1. The summed E-state index contributed by atoms with van der Waals surface area (Å²) in [7, 11) is 0.